The molecule has 6 rings (SSSR count). The minimum atomic E-state index is -0.387. The standard InChI is InChI=1S/C42H34N2O4/c45-39(43-27-35(23-31-13-5-1-6-14-31)41(47)36(28-43)24-32-15-7-2-8-16-32)21-22-40(46)44-29-37(25-33-17-9-3-10-18-33)42(48)38(30-44)26-34-19-11-4-12-20-34/h1-26H,27-30H2/b22-21+,35-23+,36-24+,37-25+,38-26+. The van der Waals surface area contributed by atoms with Gasteiger partial charge in [-0.05, 0) is 46.6 Å². The van der Waals surface area contributed by atoms with Gasteiger partial charge in [0, 0.05) is 34.4 Å². The van der Waals surface area contributed by atoms with Crippen LogP contribution in [0.4, 0.5) is 0 Å². The number of amides is 2. The zero-order chi connectivity index (χ0) is 33.3. The van der Waals surface area contributed by atoms with Crippen molar-refractivity contribution < 1.29 is 19.2 Å². The first kappa shape index (κ1) is 31.8. The van der Waals surface area contributed by atoms with Crippen LogP contribution in [0.5, 0.6) is 0 Å². The minimum absolute atomic E-state index is 0.111. The molecule has 2 amide bonds. The van der Waals surface area contributed by atoms with Gasteiger partial charge in [0.2, 0.25) is 11.8 Å². The zero-order valence-corrected chi connectivity index (χ0v) is 26.4. The van der Waals surface area contributed by atoms with E-state index in [2.05, 4.69) is 0 Å². The number of hydrogen-bond donors (Lipinski definition) is 0. The number of Topliss-reactive ketones (excluding diaryl/α,β-unsaturated/α-hetero) is 2. The highest BCUT2D eigenvalue weighted by molar-refractivity contribution is 6.17. The second kappa shape index (κ2) is 15.0. The van der Waals surface area contributed by atoms with Crippen molar-refractivity contribution in [2.75, 3.05) is 26.2 Å². The highest BCUT2D eigenvalue weighted by Gasteiger charge is 2.30. The molecule has 6 nitrogen and oxygen atoms in total. The molecule has 48 heavy (non-hydrogen) atoms. The van der Waals surface area contributed by atoms with Crippen LogP contribution in [0.1, 0.15) is 22.3 Å². The van der Waals surface area contributed by atoms with Crippen LogP contribution < -0.4 is 0 Å². The van der Waals surface area contributed by atoms with Crippen LogP contribution in [0.15, 0.2) is 156 Å². The number of hydrogen-bond acceptors (Lipinski definition) is 4. The van der Waals surface area contributed by atoms with Gasteiger partial charge in [0.1, 0.15) is 0 Å². The first-order valence-corrected chi connectivity index (χ1v) is 15.8. The largest absolute Gasteiger partial charge is 0.330 e. The predicted octanol–water partition coefficient (Wildman–Crippen LogP) is 6.70. The van der Waals surface area contributed by atoms with Crippen LogP contribution >= 0.6 is 0 Å². The fourth-order valence-corrected chi connectivity index (χ4v) is 5.75. The number of carbonyl (C=O) groups excluding carboxylic acids is 4. The number of likely N-dealkylation sites (tertiary alicyclic amines) is 2. The van der Waals surface area contributed by atoms with E-state index in [0.717, 1.165) is 22.3 Å². The third-order valence-corrected chi connectivity index (χ3v) is 8.17. The maximum Gasteiger partial charge on any atom is 0.247 e. The monoisotopic (exact) mass is 630 g/mol. The van der Waals surface area contributed by atoms with Gasteiger partial charge in [-0.15, -0.1) is 0 Å². The molecule has 0 spiro atoms. The molecule has 0 atom stereocenters. The number of carbonyl (C=O) groups is 4. The zero-order valence-electron chi connectivity index (χ0n) is 26.4. The lowest BCUT2D eigenvalue weighted by atomic mass is 9.94. The van der Waals surface area contributed by atoms with E-state index in [1.54, 1.807) is 34.1 Å². The molecule has 2 fully saturated rings. The summed E-state index contributed by atoms with van der Waals surface area (Å²) >= 11 is 0. The lowest BCUT2D eigenvalue weighted by molar-refractivity contribution is -0.129. The third kappa shape index (κ3) is 7.98. The lowest BCUT2D eigenvalue weighted by Gasteiger charge is -2.30. The first-order valence-electron chi connectivity index (χ1n) is 15.8. The molecule has 0 N–H and O–H groups in total. The van der Waals surface area contributed by atoms with Crippen LogP contribution in [0.25, 0.3) is 24.3 Å². The van der Waals surface area contributed by atoms with Gasteiger partial charge in [0.15, 0.2) is 11.6 Å². The Labute approximate surface area is 280 Å². The van der Waals surface area contributed by atoms with Gasteiger partial charge in [0.25, 0.3) is 0 Å². The molecule has 0 radical (unpaired) electrons. The predicted molar refractivity (Wildman–Crippen MR) is 190 cm³/mol. The van der Waals surface area contributed by atoms with Crippen molar-refractivity contribution in [3.63, 3.8) is 0 Å². The number of rotatable bonds is 6. The Morgan fingerprint density at radius 2 is 0.625 bits per heavy atom. The molecular weight excluding hydrogens is 596 g/mol. The quantitative estimate of drug-likeness (QED) is 0.222. The maximum atomic E-state index is 13.6. The second-order valence-corrected chi connectivity index (χ2v) is 11.7. The second-order valence-electron chi connectivity index (χ2n) is 11.7. The summed E-state index contributed by atoms with van der Waals surface area (Å²) in [6, 6.07) is 38.0. The van der Waals surface area contributed by atoms with Crippen molar-refractivity contribution in [2.45, 2.75) is 0 Å². The molecule has 6 heteroatoms. The van der Waals surface area contributed by atoms with Crippen LogP contribution in [0, 0.1) is 0 Å². The smallest absolute Gasteiger partial charge is 0.247 e. The van der Waals surface area contributed by atoms with Crippen molar-refractivity contribution in [1.82, 2.24) is 9.80 Å². The highest BCUT2D eigenvalue weighted by Crippen LogP contribution is 2.24. The Morgan fingerprint density at radius 1 is 0.396 bits per heavy atom. The van der Waals surface area contributed by atoms with Crippen LogP contribution in [-0.4, -0.2) is 59.4 Å². The van der Waals surface area contributed by atoms with Crippen LogP contribution in [-0.2, 0) is 19.2 Å². The molecule has 0 unspecified atom stereocenters. The molecule has 2 heterocycles. The lowest BCUT2D eigenvalue weighted by Crippen LogP contribution is -2.42. The van der Waals surface area contributed by atoms with Gasteiger partial charge >= 0.3 is 0 Å². The van der Waals surface area contributed by atoms with Gasteiger partial charge in [0.05, 0.1) is 26.2 Å². The molecule has 0 aliphatic carbocycles. The Bertz CT molecular complexity index is 1700. The van der Waals surface area contributed by atoms with Gasteiger partial charge in [-0.3, -0.25) is 19.2 Å². The molecule has 236 valence electrons. The van der Waals surface area contributed by atoms with E-state index in [-0.39, 0.29) is 49.6 Å². The van der Waals surface area contributed by atoms with E-state index >= 15 is 0 Å². The Hall–Kier alpha value is -6.14. The van der Waals surface area contributed by atoms with Crippen molar-refractivity contribution in [2.24, 2.45) is 0 Å². The van der Waals surface area contributed by atoms with Gasteiger partial charge < -0.3 is 9.80 Å². The fraction of sp³-hybridized carbons (Fsp3) is 0.0952. The summed E-state index contributed by atoms with van der Waals surface area (Å²) < 4.78 is 0. The fourth-order valence-electron chi connectivity index (χ4n) is 5.75. The Balaban J connectivity index is 1.25. The summed E-state index contributed by atoms with van der Waals surface area (Å²) in [5, 5.41) is 0. The van der Waals surface area contributed by atoms with Crippen molar-refractivity contribution in [1.29, 1.82) is 0 Å². The first-order chi connectivity index (χ1) is 23.4. The van der Waals surface area contributed by atoms with Gasteiger partial charge in [-0.25, -0.2) is 0 Å². The SMILES string of the molecule is O=C1/C(=C/c2ccccc2)CN(C(=O)/C=C/C(=O)N2C/C(=C\c3ccccc3)C(=O)/C(=C/c3ccccc3)C2)C/C1=C\c1ccccc1. The molecule has 4 aromatic carbocycles. The molecule has 2 saturated heterocycles. The number of nitrogens with zero attached hydrogens (tertiary/aromatic N) is 2. The number of piperidine rings is 2. The maximum absolute atomic E-state index is 13.6. The summed E-state index contributed by atoms with van der Waals surface area (Å²) in [7, 11) is 0. The Kier molecular flexibility index (Phi) is 9.92. The average molecular weight is 631 g/mol. The molecule has 2 aliphatic rings. The van der Waals surface area contributed by atoms with Crippen LogP contribution in [0.3, 0.4) is 0 Å². The highest BCUT2D eigenvalue weighted by atomic mass is 16.2. The van der Waals surface area contributed by atoms with Gasteiger partial charge in [-0.2, -0.15) is 0 Å². The molecule has 0 saturated carbocycles. The molecular formula is C42H34N2O4. The summed E-state index contributed by atoms with van der Waals surface area (Å²) in [4.78, 5) is 57.4. The van der Waals surface area contributed by atoms with E-state index in [9.17, 15) is 19.2 Å². The number of ketones is 2. The molecule has 0 aromatic heterocycles. The van der Waals surface area contributed by atoms with Gasteiger partial charge in [-0.1, -0.05) is 121 Å². The number of benzene rings is 4. The Morgan fingerprint density at radius 3 is 0.854 bits per heavy atom. The third-order valence-electron chi connectivity index (χ3n) is 8.17. The molecule has 2 aliphatic heterocycles. The van der Waals surface area contributed by atoms with E-state index in [1.807, 2.05) is 121 Å². The summed E-state index contributed by atoms with van der Waals surface area (Å²) in [5.74, 6) is -0.996. The summed E-state index contributed by atoms with van der Waals surface area (Å²) in [5.41, 5.74) is 5.40. The average Bonchev–Trinajstić information content (AvgIpc) is 3.12. The minimum Gasteiger partial charge on any atom is -0.330 e. The summed E-state index contributed by atoms with van der Waals surface area (Å²) in [6.45, 7) is 0.458. The van der Waals surface area contributed by atoms with E-state index in [4.69, 9.17) is 0 Å². The topological polar surface area (TPSA) is 74.8 Å². The van der Waals surface area contributed by atoms with Crippen molar-refractivity contribution in [3.05, 3.63) is 178 Å². The van der Waals surface area contributed by atoms with E-state index in [1.165, 1.54) is 12.2 Å². The normalized spacial score (nSPS) is 18.8. The van der Waals surface area contributed by atoms with E-state index < -0.39 is 0 Å². The van der Waals surface area contributed by atoms with Crippen LogP contribution in [0.2, 0.25) is 0 Å². The molecule has 0 bridgehead atoms. The van der Waals surface area contributed by atoms with Crippen molar-refractivity contribution in [3.8, 4) is 0 Å². The summed E-state index contributed by atoms with van der Waals surface area (Å²) in [6.07, 6.45) is 9.75. The van der Waals surface area contributed by atoms with E-state index in [0.29, 0.717) is 22.3 Å². The van der Waals surface area contributed by atoms with Crippen molar-refractivity contribution >= 4 is 47.7 Å². The molecule has 4 aromatic rings.